The average molecular weight is 380 g/mol. The van der Waals surface area contributed by atoms with Crippen molar-refractivity contribution in [2.75, 3.05) is 39.0 Å². The first-order valence-corrected chi connectivity index (χ1v) is 10.0. The van der Waals surface area contributed by atoms with E-state index in [0.29, 0.717) is 34.0 Å². The predicted octanol–water partition coefficient (Wildman–Crippen LogP) is 3.66. The largest absolute Gasteiger partial charge is 0.496 e. The van der Waals surface area contributed by atoms with E-state index in [9.17, 15) is 4.79 Å². The number of carbonyl (C=O) groups excluding carboxylic acids is 1. The average Bonchev–Trinajstić information content (AvgIpc) is 2.65. The number of amides is 1. The van der Waals surface area contributed by atoms with Gasteiger partial charge in [0.25, 0.3) is 5.91 Å². The predicted molar refractivity (Wildman–Crippen MR) is 106 cm³/mol. The topological polar surface area (TPSA) is 58.8 Å². The third-order valence-electron chi connectivity index (χ3n) is 5.79. The highest BCUT2D eigenvalue weighted by Gasteiger charge is 2.29. The van der Waals surface area contributed by atoms with E-state index < -0.39 is 0 Å². The maximum absolute atomic E-state index is 13.1. The van der Waals surface area contributed by atoms with Gasteiger partial charge in [-0.15, -0.1) is 0 Å². The van der Waals surface area contributed by atoms with Crippen LogP contribution in [0.1, 0.15) is 49.4 Å². The lowest BCUT2D eigenvalue weighted by Crippen LogP contribution is -2.46. The fourth-order valence-electron chi connectivity index (χ4n) is 4.23. The van der Waals surface area contributed by atoms with Gasteiger partial charge in [-0.25, -0.2) is 0 Å². The zero-order valence-electron chi connectivity index (χ0n) is 15.8. The Hall–Kier alpha value is -1.46. The van der Waals surface area contributed by atoms with Gasteiger partial charge in [-0.2, -0.15) is 0 Å². The van der Waals surface area contributed by atoms with Crippen LogP contribution in [-0.4, -0.2) is 55.0 Å². The second kappa shape index (κ2) is 8.49. The lowest BCUT2D eigenvalue weighted by molar-refractivity contribution is 0.0591. The van der Waals surface area contributed by atoms with Crippen LogP contribution in [0.5, 0.6) is 5.75 Å². The van der Waals surface area contributed by atoms with Crippen LogP contribution in [0.3, 0.4) is 0 Å². The fourth-order valence-corrected chi connectivity index (χ4v) is 4.40. The number of methoxy groups -OCH3 is 1. The fraction of sp³-hybridized carbons (Fsp3) is 0.650. The van der Waals surface area contributed by atoms with Crippen LogP contribution < -0.4 is 10.5 Å². The number of ether oxygens (including phenoxy) is 1. The molecule has 2 saturated heterocycles. The van der Waals surface area contributed by atoms with Gasteiger partial charge in [-0.1, -0.05) is 18.0 Å². The first kappa shape index (κ1) is 19.3. The van der Waals surface area contributed by atoms with Gasteiger partial charge in [0.2, 0.25) is 0 Å². The number of anilines is 1. The van der Waals surface area contributed by atoms with Gasteiger partial charge in [-0.3, -0.25) is 4.79 Å². The minimum Gasteiger partial charge on any atom is -0.496 e. The van der Waals surface area contributed by atoms with E-state index in [4.69, 9.17) is 22.1 Å². The standard InChI is InChI=1S/C20H30ClN3O2/c1-14-6-3-4-8-23(14)12-15-7-5-9-24(13-15)20(25)16-10-17(21)18(22)11-19(16)26-2/h10-11,14-15H,3-9,12-13,22H2,1-2H3. The molecule has 0 aliphatic carbocycles. The van der Waals surface area contributed by atoms with Crippen LogP contribution in [0.15, 0.2) is 12.1 Å². The van der Waals surface area contributed by atoms with Crippen molar-refractivity contribution in [1.82, 2.24) is 9.80 Å². The third-order valence-corrected chi connectivity index (χ3v) is 6.12. The second-order valence-electron chi connectivity index (χ2n) is 7.67. The molecule has 2 N–H and O–H groups in total. The molecule has 0 saturated carbocycles. The molecule has 0 radical (unpaired) electrons. The van der Waals surface area contributed by atoms with Crippen molar-refractivity contribution < 1.29 is 9.53 Å². The van der Waals surface area contributed by atoms with Crippen LogP contribution >= 0.6 is 11.6 Å². The number of carbonyl (C=O) groups is 1. The van der Waals surface area contributed by atoms with E-state index in [1.807, 2.05) is 4.90 Å². The van der Waals surface area contributed by atoms with E-state index in [-0.39, 0.29) is 5.91 Å². The Kier molecular flexibility index (Phi) is 6.30. The highest BCUT2D eigenvalue weighted by molar-refractivity contribution is 6.33. The Balaban J connectivity index is 1.69. The number of piperidine rings is 2. The summed E-state index contributed by atoms with van der Waals surface area (Å²) in [4.78, 5) is 17.6. The van der Waals surface area contributed by atoms with E-state index >= 15 is 0 Å². The number of hydrogen-bond donors (Lipinski definition) is 1. The minimum atomic E-state index is -0.0138. The normalized spacial score (nSPS) is 24.5. The number of halogens is 1. The molecule has 1 aromatic rings. The summed E-state index contributed by atoms with van der Waals surface area (Å²) in [6.07, 6.45) is 6.15. The van der Waals surface area contributed by atoms with Gasteiger partial charge in [-0.05, 0) is 51.1 Å². The van der Waals surface area contributed by atoms with Crippen molar-refractivity contribution in [2.45, 2.75) is 45.1 Å². The molecule has 144 valence electrons. The number of nitrogens with zero attached hydrogens (tertiary/aromatic N) is 2. The van der Waals surface area contributed by atoms with Gasteiger partial charge in [0, 0.05) is 31.7 Å². The van der Waals surface area contributed by atoms with Gasteiger partial charge < -0.3 is 20.3 Å². The molecular formula is C20H30ClN3O2. The van der Waals surface area contributed by atoms with Crippen LogP contribution in [0, 0.1) is 5.92 Å². The zero-order chi connectivity index (χ0) is 18.7. The lowest BCUT2D eigenvalue weighted by atomic mass is 9.94. The van der Waals surface area contributed by atoms with Gasteiger partial charge >= 0.3 is 0 Å². The summed E-state index contributed by atoms with van der Waals surface area (Å²) in [7, 11) is 1.55. The zero-order valence-corrected chi connectivity index (χ0v) is 16.6. The molecule has 2 aliphatic heterocycles. The number of likely N-dealkylation sites (tertiary alicyclic amines) is 2. The molecule has 1 amide bonds. The summed E-state index contributed by atoms with van der Waals surface area (Å²) in [6.45, 7) is 6.19. The quantitative estimate of drug-likeness (QED) is 0.811. The molecule has 2 atom stereocenters. The Labute approximate surface area is 161 Å². The van der Waals surface area contributed by atoms with E-state index in [0.717, 1.165) is 26.1 Å². The van der Waals surface area contributed by atoms with Crippen molar-refractivity contribution in [3.05, 3.63) is 22.7 Å². The molecule has 2 fully saturated rings. The molecular weight excluding hydrogens is 350 g/mol. The first-order valence-electron chi connectivity index (χ1n) is 9.66. The van der Waals surface area contributed by atoms with Crippen LogP contribution in [0.2, 0.25) is 5.02 Å². The number of rotatable bonds is 4. The molecule has 2 heterocycles. The maximum atomic E-state index is 13.1. The molecule has 0 bridgehead atoms. The Morgan fingerprint density at radius 1 is 1.27 bits per heavy atom. The van der Waals surface area contributed by atoms with Gasteiger partial charge in [0.1, 0.15) is 5.75 Å². The summed E-state index contributed by atoms with van der Waals surface area (Å²) in [5.74, 6) is 1.01. The van der Waals surface area contributed by atoms with Crippen molar-refractivity contribution in [3.8, 4) is 5.75 Å². The minimum absolute atomic E-state index is 0.0138. The summed E-state index contributed by atoms with van der Waals surface area (Å²) >= 11 is 6.14. The highest BCUT2D eigenvalue weighted by Crippen LogP contribution is 2.31. The van der Waals surface area contributed by atoms with E-state index in [1.54, 1.807) is 19.2 Å². The number of nitrogens with two attached hydrogens (primary N) is 1. The van der Waals surface area contributed by atoms with Gasteiger partial charge in [0.05, 0.1) is 23.4 Å². The molecule has 0 spiro atoms. The molecule has 2 unspecified atom stereocenters. The molecule has 0 aromatic heterocycles. The van der Waals surface area contributed by atoms with E-state index in [2.05, 4.69) is 11.8 Å². The number of hydrogen-bond acceptors (Lipinski definition) is 4. The number of benzene rings is 1. The van der Waals surface area contributed by atoms with Crippen LogP contribution in [-0.2, 0) is 0 Å². The second-order valence-corrected chi connectivity index (χ2v) is 8.08. The van der Waals surface area contributed by atoms with Crippen molar-refractivity contribution >= 4 is 23.2 Å². The van der Waals surface area contributed by atoms with Crippen LogP contribution in [0.25, 0.3) is 0 Å². The van der Waals surface area contributed by atoms with Crippen LogP contribution in [0.4, 0.5) is 5.69 Å². The van der Waals surface area contributed by atoms with Gasteiger partial charge in [0.15, 0.2) is 0 Å². The van der Waals surface area contributed by atoms with Crippen molar-refractivity contribution in [2.24, 2.45) is 5.92 Å². The smallest absolute Gasteiger partial charge is 0.257 e. The molecule has 2 aliphatic rings. The SMILES string of the molecule is COc1cc(N)c(Cl)cc1C(=O)N1CCCC(CN2CCCCC2C)C1. The number of nitrogen functional groups attached to an aromatic ring is 1. The molecule has 26 heavy (non-hydrogen) atoms. The summed E-state index contributed by atoms with van der Waals surface area (Å²) in [5.41, 5.74) is 6.77. The highest BCUT2D eigenvalue weighted by atomic mass is 35.5. The maximum Gasteiger partial charge on any atom is 0.257 e. The molecule has 6 heteroatoms. The Morgan fingerprint density at radius 3 is 2.81 bits per heavy atom. The molecule has 5 nitrogen and oxygen atoms in total. The summed E-state index contributed by atoms with van der Waals surface area (Å²) in [6, 6.07) is 3.92. The van der Waals surface area contributed by atoms with E-state index in [1.165, 1.54) is 32.2 Å². The third kappa shape index (κ3) is 4.26. The van der Waals surface area contributed by atoms with Crippen molar-refractivity contribution in [1.29, 1.82) is 0 Å². The first-order chi connectivity index (χ1) is 12.5. The summed E-state index contributed by atoms with van der Waals surface area (Å²) < 4.78 is 5.36. The Bertz CT molecular complexity index is 652. The lowest BCUT2D eigenvalue weighted by Gasteiger charge is -2.39. The molecule has 1 aromatic carbocycles. The Morgan fingerprint density at radius 2 is 2.08 bits per heavy atom. The van der Waals surface area contributed by atoms with Crippen molar-refractivity contribution in [3.63, 3.8) is 0 Å². The molecule has 3 rings (SSSR count). The summed E-state index contributed by atoms with van der Waals surface area (Å²) in [5, 5.41) is 0.393. The monoisotopic (exact) mass is 379 g/mol.